The average Bonchev–Trinajstić information content (AvgIpc) is 3.07. The third-order valence-electron chi connectivity index (χ3n) is 8.92. The molecule has 10 unspecified atom stereocenters. The number of rotatable bonds is 20. The molecule has 310 valence electrons. The largest absolute Gasteiger partial charge is 0.508 e. The second-order valence-corrected chi connectivity index (χ2v) is 15.0. The van der Waals surface area contributed by atoms with E-state index in [0.29, 0.717) is 25.7 Å². The van der Waals surface area contributed by atoms with Crippen molar-refractivity contribution < 1.29 is 137 Å². The van der Waals surface area contributed by atoms with Crippen LogP contribution >= 0.6 is 0 Å². The summed E-state index contributed by atoms with van der Waals surface area (Å²) in [6.07, 6.45) is -0.390. The van der Waals surface area contributed by atoms with E-state index in [1.807, 2.05) is 0 Å². The first-order valence-corrected chi connectivity index (χ1v) is 18.4. The van der Waals surface area contributed by atoms with Crippen LogP contribution in [0.4, 0.5) is 9.59 Å². The van der Waals surface area contributed by atoms with Crippen molar-refractivity contribution in [1.82, 2.24) is 0 Å². The Bertz CT molecular complexity index is 1210. The molecule has 0 aliphatic heterocycles. The predicted molar refractivity (Wildman–Crippen MR) is 191 cm³/mol. The van der Waals surface area contributed by atoms with Crippen LogP contribution in [0.15, 0.2) is 25.3 Å². The topological polar surface area (TPSA) is 192 Å². The van der Waals surface area contributed by atoms with E-state index in [1.165, 1.54) is 27.7 Å². The van der Waals surface area contributed by atoms with Crippen molar-refractivity contribution in [3.63, 3.8) is 0 Å². The molecule has 10 atom stereocenters. The fourth-order valence-electron chi connectivity index (χ4n) is 5.95. The number of hydrogen-bond acceptors (Lipinski definition) is 15. The van der Waals surface area contributed by atoms with Crippen molar-refractivity contribution in [2.24, 2.45) is 11.8 Å². The van der Waals surface area contributed by atoms with Gasteiger partial charge in [0.05, 0.1) is 37.6 Å². The molecule has 0 heterocycles. The Morgan fingerprint density at radius 3 is 1.47 bits per heavy atom. The molecule has 2 saturated carbocycles. The van der Waals surface area contributed by atoms with Gasteiger partial charge >= 0.3 is 24.2 Å². The van der Waals surface area contributed by atoms with Crippen LogP contribution in [0.2, 0.25) is 0 Å². The van der Waals surface area contributed by atoms with E-state index in [1.54, 1.807) is 39.8 Å². The van der Waals surface area contributed by atoms with Gasteiger partial charge in [-0.25, -0.2) is 19.2 Å². The van der Waals surface area contributed by atoms with Gasteiger partial charge in [0.15, 0.2) is 11.2 Å². The molecule has 0 aromatic carbocycles. The molecule has 17 heteroatoms. The molecule has 0 aromatic rings. The predicted octanol–water partition coefficient (Wildman–Crippen LogP) is 4.97. The minimum absolute atomic E-state index is 0. The molecule has 2 fully saturated rings. The van der Waals surface area contributed by atoms with Crippen molar-refractivity contribution in [3.8, 4) is 0 Å². The molecular weight excluding hydrogens is 874 g/mol. The number of aliphatic hydroxyl groups is 2. The monoisotopic (exact) mass is 936 g/mol. The van der Waals surface area contributed by atoms with Crippen molar-refractivity contribution in [2.45, 2.75) is 154 Å². The second kappa shape index (κ2) is 26.1. The van der Waals surface area contributed by atoms with E-state index < -0.39 is 84.3 Å². The van der Waals surface area contributed by atoms with Gasteiger partial charge in [-0.2, -0.15) is 0 Å². The van der Waals surface area contributed by atoms with Crippen molar-refractivity contribution in [2.75, 3.05) is 26.4 Å². The van der Waals surface area contributed by atoms with Crippen LogP contribution < -0.4 is 0 Å². The van der Waals surface area contributed by atoms with Crippen LogP contribution in [0.5, 0.6) is 0 Å². The number of esters is 2. The molecule has 2 aliphatic carbocycles. The summed E-state index contributed by atoms with van der Waals surface area (Å²) in [4.78, 5) is 50.0. The zero-order valence-corrected chi connectivity index (χ0v) is 39.4. The molecule has 0 spiro atoms. The van der Waals surface area contributed by atoms with Crippen LogP contribution in [0.3, 0.4) is 0 Å². The summed E-state index contributed by atoms with van der Waals surface area (Å²) in [5, 5.41) is 20.6. The molecule has 55 heavy (non-hydrogen) atoms. The molecule has 2 radical (unpaired) electrons. The standard InChI is InChI=1S/C38H62O15.2Y/c1-11-27-14-16-31(30(40)17-27)50-33(41)37(7,8)52-25(5)21-46-35(43)48-23(3)19-45-20-24(4)49-36(44)47-22-26(6)53-38(9,10)34(42)51-32-18-28(12-2)13-15-29(32)39;;/h11-12,23-32,39-40H,1-2,13-22H2,3-10H3;;. The third-order valence-corrected chi connectivity index (χ3v) is 8.92. The quantitative estimate of drug-likeness (QED) is 0.0945. The number of hydrogen-bond donors (Lipinski definition) is 2. The first kappa shape index (κ1) is 54.0. The summed E-state index contributed by atoms with van der Waals surface area (Å²) >= 11 is 0. The summed E-state index contributed by atoms with van der Waals surface area (Å²) < 4.78 is 48.8. The molecule has 2 N–H and O–H groups in total. The Hall–Kier alpha value is -1.03. The molecule has 0 aromatic heterocycles. The minimum Gasteiger partial charge on any atom is -0.457 e. The number of carbonyl (C=O) groups excluding carboxylic acids is 4. The zero-order chi connectivity index (χ0) is 39.9. The number of ether oxygens (including phenoxy) is 9. The van der Waals surface area contributed by atoms with Crippen LogP contribution in [0, 0.1) is 11.8 Å². The Kier molecular flexibility index (Phi) is 25.7. The Morgan fingerprint density at radius 2 is 1.04 bits per heavy atom. The summed E-state index contributed by atoms with van der Waals surface area (Å²) in [7, 11) is 0. The first-order valence-electron chi connectivity index (χ1n) is 18.4. The molecule has 2 aliphatic rings. The zero-order valence-electron chi connectivity index (χ0n) is 33.8. The summed E-state index contributed by atoms with van der Waals surface area (Å²) in [6, 6.07) is 0. The van der Waals surface area contributed by atoms with Crippen LogP contribution in [-0.2, 0) is 118 Å². The number of allylic oxidation sites excluding steroid dienone is 2. The normalized spacial score (nSPS) is 24.8. The fraction of sp³-hybridized carbons (Fsp3) is 0.789. The van der Waals surface area contributed by atoms with Gasteiger partial charge in [0.25, 0.3) is 0 Å². The maximum Gasteiger partial charge on any atom is 0.508 e. The Labute approximate surface area is 376 Å². The van der Waals surface area contributed by atoms with E-state index >= 15 is 0 Å². The van der Waals surface area contributed by atoms with Crippen LogP contribution in [-0.4, -0.2) is 121 Å². The summed E-state index contributed by atoms with van der Waals surface area (Å²) in [5.41, 5.74) is -2.72. The van der Waals surface area contributed by atoms with E-state index in [4.69, 9.17) is 42.6 Å². The van der Waals surface area contributed by atoms with Gasteiger partial charge in [0.2, 0.25) is 0 Å². The van der Waals surface area contributed by atoms with Gasteiger partial charge in [-0.15, -0.1) is 13.2 Å². The van der Waals surface area contributed by atoms with Crippen LogP contribution in [0.25, 0.3) is 0 Å². The van der Waals surface area contributed by atoms with E-state index in [-0.39, 0.29) is 104 Å². The molecule has 0 bridgehead atoms. The van der Waals surface area contributed by atoms with Gasteiger partial charge in [0.1, 0.15) is 37.6 Å². The van der Waals surface area contributed by atoms with Gasteiger partial charge in [-0.05, 0) is 106 Å². The SMILES string of the molecule is C=CC1CCC(OC(=O)C(C)(C)OC(C)COC(=O)OC(C)COCC(C)OC(=O)OCC(C)OC(C)(C)C(=O)OC2CC(C=C)CCC2O)C(O)C1.[Y].[Y]. The van der Waals surface area contributed by atoms with Gasteiger partial charge < -0.3 is 52.8 Å². The van der Waals surface area contributed by atoms with Crippen molar-refractivity contribution in [1.29, 1.82) is 0 Å². The van der Waals surface area contributed by atoms with E-state index in [9.17, 15) is 29.4 Å². The molecule has 0 saturated heterocycles. The van der Waals surface area contributed by atoms with E-state index in [0.717, 1.165) is 12.8 Å². The van der Waals surface area contributed by atoms with E-state index in [2.05, 4.69) is 13.2 Å². The average molecular weight is 937 g/mol. The number of aliphatic hydroxyl groups excluding tert-OH is 2. The fourth-order valence-corrected chi connectivity index (χ4v) is 5.95. The molecular formula is C38H62O15Y2. The van der Waals surface area contributed by atoms with Gasteiger partial charge in [0, 0.05) is 65.4 Å². The number of carbonyl (C=O) groups is 4. The first-order chi connectivity index (χ1) is 24.8. The summed E-state index contributed by atoms with van der Waals surface area (Å²) in [6.45, 7) is 19.7. The third kappa shape index (κ3) is 20.0. The molecule has 0 amide bonds. The van der Waals surface area contributed by atoms with Crippen molar-refractivity contribution in [3.05, 3.63) is 25.3 Å². The van der Waals surface area contributed by atoms with Gasteiger partial charge in [-0.1, -0.05) is 12.2 Å². The van der Waals surface area contributed by atoms with Crippen molar-refractivity contribution >= 4 is 24.2 Å². The summed E-state index contributed by atoms with van der Waals surface area (Å²) in [5.74, 6) is -0.932. The van der Waals surface area contributed by atoms with Crippen LogP contribution in [0.1, 0.15) is 93.9 Å². The van der Waals surface area contributed by atoms with Gasteiger partial charge in [-0.3, -0.25) is 0 Å². The molecule has 15 nitrogen and oxygen atoms in total. The minimum atomic E-state index is -1.37. The maximum atomic E-state index is 12.8. The Morgan fingerprint density at radius 1 is 0.618 bits per heavy atom. The smallest absolute Gasteiger partial charge is 0.457 e. The molecule has 2 rings (SSSR count). The Balaban J connectivity index is 0.0000146. The second-order valence-electron chi connectivity index (χ2n) is 15.0. The maximum absolute atomic E-state index is 12.8.